The van der Waals surface area contributed by atoms with Gasteiger partial charge in [0, 0.05) is 0 Å². The fourth-order valence-corrected chi connectivity index (χ4v) is 5.38. The summed E-state index contributed by atoms with van der Waals surface area (Å²) < 4.78 is 0. The monoisotopic (exact) mass is 331 g/mol. The van der Waals surface area contributed by atoms with E-state index in [2.05, 4.69) is 19.9 Å². The topological polar surface area (TPSA) is 23.8 Å². The zero-order valence-corrected chi connectivity index (χ0v) is 16.5. The van der Waals surface area contributed by atoms with Gasteiger partial charge in [0.1, 0.15) is 0 Å². The molecule has 0 aromatic carbocycles. The molecule has 0 amide bonds. The molecule has 0 heterocycles. The minimum Gasteiger partial charge on any atom is -0.198 e. The minimum absolute atomic E-state index is 0.0435. The predicted molar refractivity (Wildman–Crippen MR) is 104 cm³/mol. The summed E-state index contributed by atoms with van der Waals surface area (Å²) in [5.41, 5.74) is 0.0435. The summed E-state index contributed by atoms with van der Waals surface area (Å²) in [5, 5.41) is 9.54. The molecule has 0 N–H and O–H groups in total. The molecule has 138 valence electrons. The van der Waals surface area contributed by atoms with E-state index in [-0.39, 0.29) is 5.41 Å². The van der Waals surface area contributed by atoms with Gasteiger partial charge in [-0.2, -0.15) is 5.26 Å². The van der Waals surface area contributed by atoms with Crippen LogP contribution in [0, 0.1) is 34.5 Å². The maximum Gasteiger partial charge on any atom is 0.0689 e. The van der Waals surface area contributed by atoms with Crippen molar-refractivity contribution in [3.05, 3.63) is 0 Å². The van der Waals surface area contributed by atoms with E-state index < -0.39 is 0 Å². The Labute approximate surface area is 151 Å². The van der Waals surface area contributed by atoms with Gasteiger partial charge in [-0.05, 0) is 49.9 Å². The van der Waals surface area contributed by atoms with Crippen LogP contribution in [0.25, 0.3) is 0 Å². The third kappa shape index (κ3) is 6.09. The molecule has 2 rings (SSSR count). The number of nitriles is 1. The molecule has 0 radical (unpaired) electrons. The van der Waals surface area contributed by atoms with Crippen molar-refractivity contribution in [3.63, 3.8) is 0 Å². The second-order valence-electron chi connectivity index (χ2n) is 9.05. The lowest BCUT2D eigenvalue weighted by Gasteiger charge is -2.36. The highest BCUT2D eigenvalue weighted by Crippen LogP contribution is 2.44. The normalized spacial score (nSPS) is 34.0. The first-order valence-corrected chi connectivity index (χ1v) is 11.1. The smallest absolute Gasteiger partial charge is 0.0689 e. The first-order valence-electron chi connectivity index (χ1n) is 11.1. The van der Waals surface area contributed by atoms with Crippen molar-refractivity contribution in [2.75, 3.05) is 0 Å². The number of nitrogens with zero attached hydrogens (tertiary/aromatic N) is 1. The van der Waals surface area contributed by atoms with Gasteiger partial charge in [0.05, 0.1) is 11.5 Å². The second kappa shape index (κ2) is 10.5. The Hall–Kier alpha value is -0.510. The van der Waals surface area contributed by atoms with E-state index in [1.54, 1.807) is 0 Å². The number of hydrogen-bond acceptors (Lipinski definition) is 1. The first-order chi connectivity index (χ1) is 11.7. The van der Waals surface area contributed by atoms with E-state index in [0.717, 1.165) is 24.2 Å². The maximum absolute atomic E-state index is 9.54. The summed E-state index contributed by atoms with van der Waals surface area (Å²) in [6.07, 6.45) is 22.0. The van der Waals surface area contributed by atoms with E-state index in [0.29, 0.717) is 0 Å². The molecule has 0 saturated heterocycles. The van der Waals surface area contributed by atoms with Crippen molar-refractivity contribution in [2.45, 2.75) is 117 Å². The van der Waals surface area contributed by atoms with Crippen molar-refractivity contribution in [1.29, 1.82) is 5.26 Å². The lowest BCUT2D eigenvalue weighted by Crippen LogP contribution is -2.26. The molecule has 2 aliphatic carbocycles. The third-order valence-electron chi connectivity index (χ3n) is 7.19. The van der Waals surface area contributed by atoms with Gasteiger partial charge in [0.25, 0.3) is 0 Å². The molecule has 0 aliphatic heterocycles. The van der Waals surface area contributed by atoms with Crippen molar-refractivity contribution in [1.82, 2.24) is 0 Å². The zero-order chi connectivity index (χ0) is 17.3. The van der Waals surface area contributed by atoms with Crippen LogP contribution in [0.15, 0.2) is 0 Å². The highest BCUT2D eigenvalue weighted by molar-refractivity contribution is 5.01. The van der Waals surface area contributed by atoms with Crippen LogP contribution in [0.1, 0.15) is 117 Å². The fourth-order valence-electron chi connectivity index (χ4n) is 5.38. The van der Waals surface area contributed by atoms with Crippen LogP contribution in [0.3, 0.4) is 0 Å². The van der Waals surface area contributed by atoms with Crippen LogP contribution < -0.4 is 0 Å². The lowest BCUT2D eigenvalue weighted by atomic mass is 9.67. The molecule has 0 aromatic heterocycles. The van der Waals surface area contributed by atoms with E-state index in [9.17, 15) is 5.26 Å². The summed E-state index contributed by atoms with van der Waals surface area (Å²) in [7, 11) is 0. The number of rotatable bonds is 9. The molecule has 2 saturated carbocycles. The molecule has 2 fully saturated rings. The van der Waals surface area contributed by atoms with Crippen LogP contribution in [-0.4, -0.2) is 0 Å². The Morgan fingerprint density at radius 3 is 1.79 bits per heavy atom. The molecule has 0 bridgehead atoms. The SMILES string of the molecule is CCCCCC1CCC(CCC2CCC(C#N)(CCC)CC2)CC1. The zero-order valence-electron chi connectivity index (χ0n) is 16.5. The van der Waals surface area contributed by atoms with E-state index in [1.807, 2.05) is 0 Å². The van der Waals surface area contributed by atoms with Crippen LogP contribution in [-0.2, 0) is 0 Å². The standard InChI is InChI=1S/C23H41N/c1-3-5-6-7-20-8-10-21(11-9-20)12-13-22-14-17-23(19-24,16-4-2)18-15-22/h20-22H,3-18H2,1-2H3. The summed E-state index contributed by atoms with van der Waals surface area (Å²) in [6.45, 7) is 4.54. The molecule has 2 aliphatic rings. The van der Waals surface area contributed by atoms with Crippen molar-refractivity contribution < 1.29 is 0 Å². The summed E-state index contributed by atoms with van der Waals surface area (Å²) in [6, 6.07) is 2.67. The number of unbranched alkanes of at least 4 members (excludes halogenated alkanes) is 2. The summed E-state index contributed by atoms with van der Waals surface area (Å²) in [5.74, 6) is 2.99. The molecule has 24 heavy (non-hydrogen) atoms. The Morgan fingerprint density at radius 2 is 1.29 bits per heavy atom. The maximum atomic E-state index is 9.54. The van der Waals surface area contributed by atoms with Gasteiger partial charge in [-0.1, -0.05) is 84.5 Å². The average Bonchev–Trinajstić information content (AvgIpc) is 2.63. The quantitative estimate of drug-likeness (QED) is 0.398. The van der Waals surface area contributed by atoms with Gasteiger partial charge in [-0.15, -0.1) is 0 Å². The molecule has 0 unspecified atom stereocenters. The van der Waals surface area contributed by atoms with Crippen molar-refractivity contribution >= 4 is 0 Å². The average molecular weight is 332 g/mol. The van der Waals surface area contributed by atoms with Crippen molar-refractivity contribution in [3.8, 4) is 6.07 Å². The Balaban J connectivity index is 1.60. The number of hydrogen-bond donors (Lipinski definition) is 0. The van der Waals surface area contributed by atoms with E-state index in [4.69, 9.17) is 0 Å². The molecule has 1 nitrogen and oxygen atoms in total. The van der Waals surface area contributed by atoms with Gasteiger partial charge in [0.15, 0.2) is 0 Å². The van der Waals surface area contributed by atoms with Gasteiger partial charge >= 0.3 is 0 Å². The minimum atomic E-state index is 0.0435. The largest absolute Gasteiger partial charge is 0.198 e. The summed E-state index contributed by atoms with van der Waals surface area (Å²) >= 11 is 0. The van der Waals surface area contributed by atoms with Crippen LogP contribution >= 0.6 is 0 Å². The summed E-state index contributed by atoms with van der Waals surface area (Å²) in [4.78, 5) is 0. The predicted octanol–water partition coefficient (Wildman–Crippen LogP) is 7.65. The first kappa shape index (κ1) is 19.8. The van der Waals surface area contributed by atoms with Crippen LogP contribution in [0.5, 0.6) is 0 Å². The highest BCUT2D eigenvalue weighted by atomic mass is 14.4. The molecular weight excluding hydrogens is 290 g/mol. The van der Waals surface area contributed by atoms with Crippen LogP contribution in [0.2, 0.25) is 0 Å². The van der Waals surface area contributed by atoms with Gasteiger partial charge in [-0.25, -0.2) is 0 Å². The van der Waals surface area contributed by atoms with Crippen LogP contribution in [0.4, 0.5) is 0 Å². The van der Waals surface area contributed by atoms with Gasteiger partial charge in [0.2, 0.25) is 0 Å². The Bertz CT molecular complexity index is 364. The fraction of sp³-hybridized carbons (Fsp3) is 0.957. The molecule has 1 heteroatoms. The van der Waals surface area contributed by atoms with Gasteiger partial charge < -0.3 is 0 Å². The van der Waals surface area contributed by atoms with E-state index >= 15 is 0 Å². The molecule has 0 spiro atoms. The highest BCUT2D eigenvalue weighted by Gasteiger charge is 2.34. The van der Waals surface area contributed by atoms with Crippen molar-refractivity contribution in [2.24, 2.45) is 23.2 Å². The van der Waals surface area contributed by atoms with E-state index in [1.165, 1.54) is 96.3 Å². The Kier molecular flexibility index (Phi) is 8.65. The third-order valence-corrected chi connectivity index (χ3v) is 7.19. The van der Waals surface area contributed by atoms with Gasteiger partial charge in [-0.3, -0.25) is 0 Å². The molecular formula is C23H41N. The second-order valence-corrected chi connectivity index (χ2v) is 9.05. The molecule has 0 atom stereocenters. The Morgan fingerprint density at radius 1 is 0.750 bits per heavy atom. The molecule has 0 aromatic rings. The lowest BCUT2D eigenvalue weighted by molar-refractivity contribution is 0.173.